The van der Waals surface area contributed by atoms with Gasteiger partial charge in [-0.15, -0.1) is 0 Å². The minimum atomic E-state index is -1.38. The van der Waals surface area contributed by atoms with E-state index in [4.69, 9.17) is 5.11 Å². The summed E-state index contributed by atoms with van der Waals surface area (Å²) in [5.74, 6) is -1.04. The molecule has 0 aliphatic rings. The third-order valence-electron chi connectivity index (χ3n) is 2.05. The summed E-state index contributed by atoms with van der Waals surface area (Å²) in [5, 5.41) is 8.40. The lowest BCUT2D eigenvalue weighted by atomic mass is 10.2. The Labute approximate surface area is 95.8 Å². The van der Waals surface area contributed by atoms with E-state index in [0.29, 0.717) is 18.6 Å². The lowest BCUT2D eigenvalue weighted by Crippen LogP contribution is -2.02. The van der Waals surface area contributed by atoms with Crippen molar-refractivity contribution in [3.8, 4) is 0 Å². The predicted molar refractivity (Wildman–Crippen MR) is 59.2 cm³/mol. The molecule has 5 heteroatoms. The van der Waals surface area contributed by atoms with E-state index in [1.807, 2.05) is 0 Å². The largest absolute Gasteiger partial charge is 0.481 e. The van der Waals surface area contributed by atoms with Crippen molar-refractivity contribution >= 4 is 16.8 Å². The van der Waals surface area contributed by atoms with Crippen molar-refractivity contribution in [1.29, 1.82) is 0 Å². The molecular formula is C11H13FO3S. The number of halogens is 1. The number of unbranched alkanes of at least 4 members (excludes halogenated alkanes) is 1. The summed E-state index contributed by atoms with van der Waals surface area (Å²) in [4.78, 5) is 10.4. The van der Waals surface area contributed by atoms with Gasteiger partial charge >= 0.3 is 5.97 Å². The monoisotopic (exact) mass is 244 g/mol. The molecule has 0 amide bonds. The van der Waals surface area contributed by atoms with Crippen LogP contribution in [-0.4, -0.2) is 21.0 Å². The normalized spacial score (nSPS) is 12.3. The Kier molecular flexibility index (Phi) is 5.11. The Morgan fingerprint density at radius 2 is 2.00 bits per heavy atom. The molecule has 0 heterocycles. The van der Waals surface area contributed by atoms with E-state index in [-0.39, 0.29) is 11.3 Å². The number of hydrogen-bond acceptors (Lipinski definition) is 2. The number of carboxylic acid groups (broad SMARTS) is 1. The molecule has 0 spiro atoms. The van der Waals surface area contributed by atoms with Crippen LogP contribution in [0.5, 0.6) is 0 Å². The Morgan fingerprint density at radius 3 is 2.62 bits per heavy atom. The molecule has 0 fully saturated rings. The molecule has 0 aromatic heterocycles. The van der Waals surface area contributed by atoms with Crippen LogP contribution in [0.15, 0.2) is 29.2 Å². The molecule has 1 aromatic carbocycles. The van der Waals surface area contributed by atoms with Gasteiger partial charge in [-0.2, -0.15) is 0 Å². The number of aliphatic carboxylic acids is 1. The molecule has 0 aliphatic carbocycles. The van der Waals surface area contributed by atoms with E-state index in [1.165, 1.54) is 12.1 Å². The molecule has 88 valence electrons. The first-order valence-electron chi connectivity index (χ1n) is 4.96. The molecule has 1 rings (SSSR count). The molecule has 3 nitrogen and oxygen atoms in total. The average molecular weight is 244 g/mol. The zero-order valence-corrected chi connectivity index (χ0v) is 9.50. The van der Waals surface area contributed by atoms with E-state index in [2.05, 4.69) is 0 Å². The second kappa shape index (κ2) is 6.37. The van der Waals surface area contributed by atoms with Crippen LogP contribution in [0, 0.1) is 5.82 Å². The molecule has 1 atom stereocenters. The van der Waals surface area contributed by atoms with E-state index in [0.717, 1.165) is 0 Å². The number of rotatable bonds is 6. The van der Waals surface area contributed by atoms with Crippen LogP contribution < -0.4 is 0 Å². The van der Waals surface area contributed by atoms with E-state index >= 15 is 0 Å². The SMILES string of the molecule is O=C(O)CCCCS(=O)c1ccccc1F. The van der Waals surface area contributed by atoms with Crippen LogP contribution >= 0.6 is 0 Å². The standard InChI is InChI=1S/C11H13FO3S/c12-9-5-1-2-6-10(9)16(15)8-4-3-7-11(13)14/h1-2,5-6H,3-4,7-8H2,(H,13,14). The second-order valence-corrected chi connectivity index (χ2v) is 4.87. The quantitative estimate of drug-likeness (QED) is 0.780. The topological polar surface area (TPSA) is 54.4 Å². The van der Waals surface area contributed by atoms with Gasteiger partial charge in [-0.3, -0.25) is 9.00 Å². The van der Waals surface area contributed by atoms with Gasteiger partial charge in [0.2, 0.25) is 0 Å². The molecule has 0 bridgehead atoms. The minimum absolute atomic E-state index is 0.0640. The van der Waals surface area contributed by atoms with E-state index in [9.17, 15) is 13.4 Å². The maximum atomic E-state index is 13.2. The lowest BCUT2D eigenvalue weighted by molar-refractivity contribution is -0.137. The summed E-state index contributed by atoms with van der Waals surface area (Å²) in [6, 6.07) is 5.93. The van der Waals surface area contributed by atoms with Gasteiger partial charge in [-0.25, -0.2) is 4.39 Å². The Morgan fingerprint density at radius 1 is 1.31 bits per heavy atom. The summed E-state index contributed by atoms with van der Waals surface area (Å²) in [6.07, 6.45) is 1.05. The fourth-order valence-corrected chi connectivity index (χ4v) is 2.45. The van der Waals surface area contributed by atoms with Crippen molar-refractivity contribution in [1.82, 2.24) is 0 Å². The van der Waals surface area contributed by atoms with Crippen LogP contribution in [0.1, 0.15) is 19.3 Å². The first-order chi connectivity index (χ1) is 7.61. The third-order valence-corrected chi connectivity index (χ3v) is 3.53. The van der Waals surface area contributed by atoms with Crippen molar-refractivity contribution in [3.63, 3.8) is 0 Å². The predicted octanol–water partition coefficient (Wildman–Crippen LogP) is 2.19. The Bertz CT molecular complexity index is 393. The van der Waals surface area contributed by atoms with Gasteiger partial charge in [0.1, 0.15) is 5.82 Å². The van der Waals surface area contributed by atoms with Crippen LogP contribution in [-0.2, 0) is 15.6 Å². The van der Waals surface area contributed by atoms with Crippen LogP contribution in [0.4, 0.5) is 4.39 Å². The molecule has 1 unspecified atom stereocenters. The molecule has 16 heavy (non-hydrogen) atoms. The van der Waals surface area contributed by atoms with Crippen molar-refractivity contribution < 1.29 is 18.5 Å². The Hall–Kier alpha value is -1.23. The molecule has 1 aromatic rings. The van der Waals surface area contributed by atoms with Crippen LogP contribution in [0.25, 0.3) is 0 Å². The number of carboxylic acids is 1. The fourth-order valence-electron chi connectivity index (χ4n) is 1.25. The van der Waals surface area contributed by atoms with Gasteiger partial charge < -0.3 is 5.11 Å². The molecule has 0 saturated carbocycles. The second-order valence-electron chi connectivity index (χ2n) is 3.33. The van der Waals surface area contributed by atoms with Gasteiger partial charge in [-0.1, -0.05) is 12.1 Å². The van der Waals surface area contributed by atoms with Crippen LogP contribution in [0.2, 0.25) is 0 Å². The fraction of sp³-hybridized carbons (Fsp3) is 0.364. The highest BCUT2D eigenvalue weighted by Gasteiger charge is 2.08. The summed E-state index contributed by atoms with van der Waals surface area (Å²) in [5.41, 5.74) is 0. The molecule has 0 aliphatic heterocycles. The van der Waals surface area contributed by atoms with E-state index in [1.54, 1.807) is 12.1 Å². The van der Waals surface area contributed by atoms with Gasteiger partial charge in [0.25, 0.3) is 0 Å². The first kappa shape index (κ1) is 12.8. The van der Waals surface area contributed by atoms with Gasteiger partial charge in [-0.05, 0) is 25.0 Å². The van der Waals surface area contributed by atoms with Crippen molar-refractivity contribution in [3.05, 3.63) is 30.1 Å². The van der Waals surface area contributed by atoms with E-state index < -0.39 is 22.6 Å². The van der Waals surface area contributed by atoms with Crippen molar-refractivity contribution in [2.24, 2.45) is 0 Å². The molecule has 0 saturated heterocycles. The zero-order chi connectivity index (χ0) is 12.0. The number of carbonyl (C=O) groups is 1. The molecular weight excluding hydrogens is 231 g/mol. The average Bonchev–Trinajstić information content (AvgIpc) is 2.24. The highest BCUT2D eigenvalue weighted by atomic mass is 32.2. The third kappa shape index (κ3) is 4.10. The summed E-state index contributed by atoms with van der Waals surface area (Å²) < 4.78 is 24.8. The van der Waals surface area contributed by atoms with Gasteiger partial charge in [0.05, 0.1) is 15.7 Å². The summed E-state index contributed by atoms with van der Waals surface area (Å²) in [6.45, 7) is 0. The first-order valence-corrected chi connectivity index (χ1v) is 6.28. The number of benzene rings is 1. The summed E-state index contributed by atoms with van der Waals surface area (Å²) >= 11 is 0. The van der Waals surface area contributed by atoms with Crippen molar-refractivity contribution in [2.45, 2.75) is 24.2 Å². The zero-order valence-electron chi connectivity index (χ0n) is 8.69. The highest BCUT2D eigenvalue weighted by molar-refractivity contribution is 7.85. The maximum Gasteiger partial charge on any atom is 0.303 e. The van der Waals surface area contributed by atoms with Crippen LogP contribution in [0.3, 0.4) is 0 Å². The lowest BCUT2D eigenvalue weighted by Gasteiger charge is -2.02. The van der Waals surface area contributed by atoms with Gasteiger partial charge in [0.15, 0.2) is 0 Å². The van der Waals surface area contributed by atoms with Crippen molar-refractivity contribution in [2.75, 3.05) is 5.75 Å². The maximum absolute atomic E-state index is 13.2. The molecule has 0 radical (unpaired) electrons. The minimum Gasteiger partial charge on any atom is -0.481 e. The molecule has 1 N–H and O–H groups in total. The highest BCUT2D eigenvalue weighted by Crippen LogP contribution is 2.13. The smallest absolute Gasteiger partial charge is 0.303 e. The Balaban J connectivity index is 2.41. The summed E-state index contributed by atoms with van der Waals surface area (Å²) in [7, 11) is -1.38. The number of hydrogen-bond donors (Lipinski definition) is 1. The van der Waals surface area contributed by atoms with Gasteiger partial charge in [0, 0.05) is 12.2 Å².